The number of aromatic hydroxyl groups is 1. The summed E-state index contributed by atoms with van der Waals surface area (Å²) in [5.41, 5.74) is 0.710. The zero-order chi connectivity index (χ0) is 14.5. The van der Waals surface area contributed by atoms with Gasteiger partial charge in [0.25, 0.3) is 0 Å². The van der Waals surface area contributed by atoms with Gasteiger partial charge in [-0.1, -0.05) is 32.0 Å². The molecule has 2 rings (SSSR count). The van der Waals surface area contributed by atoms with Crippen LogP contribution < -0.4 is 0 Å². The summed E-state index contributed by atoms with van der Waals surface area (Å²) in [6, 6.07) is 7.06. The first kappa shape index (κ1) is 14.9. The number of carbonyl (C=O) groups excluding carboxylic acids is 1. The summed E-state index contributed by atoms with van der Waals surface area (Å²) >= 11 is 0. The molecule has 1 fully saturated rings. The second-order valence-corrected chi connectivity index (χ2v) is 5.88. The van der Waals surface area contributed by atoms with Crippen molar-refractivity contribution in [1.29, 1.82) is 0 Å². The molecule has 0 spiro atoms. The average Bonchev–Trinajstić information content (AvgIpc) is 2.41. The first-order valence-corrected chi connectivity index (χ1v) is 7.33. The highest BCUT2D eigenvalue weighted by Crippen LogP contribution is 2.17. The van der Waals surface area contributed by atoms with Crippen molar-refractivity contribution in [3.63, 3.8) is 0 Å². The smallest absolute Gasteiger partial charge is 0.227 e. The van der Waals surface area contributed by atoms with E-state index in [4.69, 9.17) is 0 Å². The predicted molar refractivity (Wildman–Crippen MR) is 79.7 cm³/mol. The number of hydrogen-bond donors (Lipinski definition) is 1. The molecule has 110 valence electrons. The molecule has 1 saturated heterocycles. The number of piperazine rings is 1. The Hall–Kier alpha value is -1.55. The lowest BCUT2D eigenvalue weighted by Crippen LogP contribution is -2.49. The van der Waals surface area contributed by atoms with Gasteiger partial charge in [-0.2, -0.15) is 0 Å². The SMILES string of the molecule is CC(C)CN1CCN(C(=O)Cc2ccccc2O)CC1. The maximum Gasteiger partial charge on any atom is 0.227 e. The molecule has 1 N–H and O–H groups in total. The number of nitrogens with zero attached hydrogens (tertiary/aromatic N) is 2. The van der Waals surface area contributed by atoms with E-state index in [2.05, 4.69) is 18.7 Å². The van der Waals surface area contributed by atoms with Crippen LogP contribution >= 0.6 is 0 Å². The van der Waals surface area contributed by atoms with Crippen LogP contribution in [0.2, 0.25) is 0 Å². The summed E-state index contributed by atoms with van der Waals surface area (Å²) in [7, 11) is 0. The molecule has 4 nitrogen and oxygen atoms in total. The predicted octanol–water partition coefficient (Wildman–Crippen LogP) is 1.73. The van der Waals surface area contributed by atoms with Gasteiger partial charge in [-0.3, -0.25) is 9.69 Å². The van der Waals surface area contributed by atoms with Crippen LogP contribution in [0, 0.1) is 5.92 Å². The zero-order valence-electron chi connectivity index (χ0n) is 12.4. The first-order chi connectivity index (χ1) is 9.56. The quantitative estimate of drug-likeness (QED) is 0.911. The van der Waals surface area contributed by atoms with Gasteiger partial charge in [0.2, 0.25) is 5.91 Å². The Kier molecular flexibility index (Phi) is 5.01. The normalized spacial score (nSPS) is 16.6. The number of phenols is 1. The van der Waals surface area contributed by atoms with E-state index in [0.717, 1.165) is 32.7 Å². The molecule has 1 amide bonds. The van der Waals surface area contributed by atoms with E-state index in [1.165, 1.54) is 0 Å². The van der Waals surface area contributed by atoms with Crippen LogP contribution in [-0.4, -0.2) is 53.5 Å². The van der Waals surface area contributed by atoms with Crippen molar-refractivity contribution in [2.24, 2.45) is 5.92 Å². The van der Waals surface area contributed by atoms with E-state index in [0.29, 0.717) is 11.5 Å². The lowest BCUT2D eigenvalue weighted by atomic mass is 10.1. The van der Waals surface area contributed by atoms with E-state index in [1.54, 1.807) is 12.1 Å². The molecule has 0 atom stereocenters. The third kappa shape index (κ3) is 3.97. The van der Waals surface area contributed by atoms with Crippen molar-refractivity contribution in [2.75, 3.05) is 32.7 Å². The molecule has 1 aliphatic heterocycles. The largest absolute Gasteiger partial charge is 0.508 e. The Morgan fingerprint density at radius 3 is 2.45 bits per heavy atom. The molecule has 20 heavy (non-hydrogen) atoms. The third-order valence-electron chi connectivity index (χ3n) is 3.68. The van der Waals surface area contributed by atoms with Crippen LogP contribution in [0.25, 0.3) is 0 Å². The molecular weight excluding hydrogens is 252 g/mol. The highest BCUT2D eigenvalue weighted by Gasteiger charge is 2.21. The maximum atomic E-state index is 12.2. The molecule has 1 aromatic carbocycles. The fraction of sp³-hybridized carbons (Fsp3) is 0.562. The molecule has 1 heterocycles. The molecule has 1 aromatic rings. The van der Waals surface area contributed by atoms with Crippen LogP contribution in [0.15, 0.2) is 24.3 Å². The number of para-hydroxylation sites is 1. The minimum atomic E-state index is 0.107. The van der Waals surface area contributed by atoms with Crippen LogP contribution in [0.1, 0.15) is 19.4 Å². The number of carbonyl (C=O) groups is 1. The van der Waals surface area contributed by atoms with Gasteiger partial charge in [0.05, 0.1) is 6.42 Å². The van der Waals surface area contributed by atoms with Crippen LogP contribution in [0.5, 0.6) is 5.75 Å². The van der Waals surface area contributed by atoms with Gasteiger partial charge < -0.3 is 10.0 Å². The fourth-order valence-corrected chi connectivity index (χ4v) is 2.63. The topological polar surface area (TPSA) is 43.8 Å². The number of phenolic OH excluding ortho intramolecular Hbond substituents is 1. The molecule has 0 saturated carbocycles. The van der Waals surface area contributed by atoms with Crippen molar-refractivity contribution < 1.29 is 9.90 Å². The average molecular weight is 276 g/mol. The molecule has 0 unspecified atom stereocenters. The van der Waals surface area contributed by atoms with E-state index < -0.39 is 0 Å². The molecule has 4 heteroatoms. The molecule has 1 aliphatic rings. The molecular formula is C16H24N2O2. The molecule has 0 aliphatic carbocycles. The first-order valence-electron chi connectivity index (χ1n) is 7.33. The molecule has 0 aromatic heterocycles. The Balaban J connectivity index is 1.85. The Morgan fingerprint density at radius 2 is 1.85 bits per heavy atom. The fourth-order valence-electron chi connectivity index (χ4n) is 2.63. The van der Waals surface area contributed by atoms with Crippen molar-refractivity contribution in [2.45, 2.75) is 20.3 Å². The maximum absolute atomic E-state index is 12.2. The lowest BCUT2D eigenvalue weighted by molar-refractivity contribution is -0.132. The van der Waals surface area contributed by atoms with Crippen molar-refractivity contribution in [1.82, 2.24) is 9.80 Å². The summed E-state index contributed by atoms with van der Waals surface area (Å²) in [4.78, 5) is 16.6. The van der Waals surface area contributed by atoms with Crippen LogP contribution in [0.4, 0.5) is 0 Å². The van der Waals surface area contributed by atoms with Gasteiger partial charge in [0.1, 0.15) is 5.75 Å². The zero-order valence-corrected chi connectivity index (χ0v) is 12.4. The van der Waals surface area contributed by atoms with Gasteiger partial charge in [-0.15, -0.1) is 0 Å². The van der Waals surface area contributed by atoms with Gasteiger partial charge in [-0.05, 0) is 12.0 Å². The van der Waals surface area contributed by atoms with E-state index in [-0.39, 0.29) is 18.1 Å². The van der Waals surface area contributed by atoms with Crippen LogP contribution in [-0.2, 0) is 11.2 Å². The van der Waals surface area contributed by atoms with Crippen molar-refractivity contribution >= 4 is 5.91 Å². The highest BCUT2D eigenvalue weighted by molar-refractivity contribution is 5.79. The highest BCUT2D eigenvalue weighted by atomic mass is 16.3. The Labute approximate surface area is 121 Å². The number of benzene rings is 1. The number of rotatable bonds is 4. The summed E-state index contributed by atoms with van der Waals surface area (Å²) in [6.45, 7) is 9.01. The summed E-state index contributed by atoms with van der Waals surface area (Å²) in [5.74, 6) is 0.980. The minimum absolute atomic E-state index is 0.107. The van der Waals surface area contributed by atoms with Crippen molar-refractivity contribution in [3.05, 3.63) is 29.8 Å². The standard InChI is InChI=1S/C16H24N2O2/c1-13(2)12-17-7-9-18(10-8-17)16(20)11-14-5-3-4-6-15(14)19/h3-6,13,19H,7-12H2,1-2H3. The van der Waals surface area contributed by atoms with Gasteiger partial charge in [0, 0.05) is 38.3 Å². The lowest BCUT2D eigenvalue weighted by Gasteiger charge is -2.35. The second-order valence-electron chi connectivity index (χ2n) is 5.88. The summed E-state index contributed by atoms with van der Waals surface area (Å²) < 4.78 is 0. The van der Waals surface area contributed by atoms with E-state index >= 15 is 0 Å². The van der Waals surface area contributed by atoms with Gasteiger partial charge >= 0.3 is 0 Å². The molecule has 0 bridgehead atoms. The monoisotopic (exact) mass is 276 g/mol. The van der Waals surface area contributed by atoms with Crippen LogP contribution in [0.3, 0.4) is 0 Å². The summed E-state index contributed by atoms with van der Waals surface area (Å²) in [6.07, 6.45) is 0.289. The van der Waals surface area contributed by atoms with E-state index in [9.17, 15) is 9.90 Å². The number of amides is 1. The van der Waals surface area contributed by atoms with Crippen molar-refractivity contribution in [3.8, 4) is 5.75 Å². The van der Waals surface area contributed by atoms with Gasteiger partial charge in [0.15, 0.2) is 0 Å². The minimum Gasteiger partial charge on any atom is -0.508 e. The Morgan fingerprint density at radius 1 is 1.20 bits per heavy atom. The van der Waals surface area contributed by atoms with E-state index in [1.807, 2.05) is 17.0 Å². The Bertz CT molecular complexity index is 452. The number of hydrogen-bond acceptors (Lipinski definition) is 3. The molecule has 0 radical (unpaired) electrons. The second kappa shape index (κ2) is 6.75. The van der Waals surface area contributed by atoms with Gasteiger partial charge in [-0.25, -0.2) is 0 Å². The summed E-state index contributed by atoms with van der Waals surface area (Å²) in [5, 5.41) is 9.72. The third-order valence-corrected chi connectivity index (χ3v) is 3.68.